The van der Waals surface area contributed by atoms with Crippen LogP contribution in [0.15, 0.2) is 24.5 Å². The van der Waals surface area contributed by atoms with Gasteiger partial charge in [-0.1, -0.05) is 0 Å². The predicted octanol–water partition coefficient (Wildman–Crippen LogP) is 0.709. The molecular weight excluding hydrogens is 359 g/mol. The maximum Gasteiger partial charge on any atom is 0.417 e. The Labute approximate surface area is 144 Å². The second kappa shape index (κ2) is 7.45. The zero-order valence-electron chi connectivity index (χ0n) is 13.0. The molecule has 1 aliphatic heterocycles. The van der Waals surface area contributed by atoms with E-state index in [1.807, 2.05) is 4.90 Å². The molecule has 0 radical (unpaired) electrons. The van der Waals surface area contributed by atoms with E-state index in [2.05, 4.69) is 25.1 Å². The summed E-state index contributed by atoms with van der Waals surface area (Å²) >= 11 is -1.37. The van der Waals surface area contributed by atoms with E-state index >= 15 is 0 Å². The summed E-state index contributed by atoms with van der Waals surface area (Å²) < 4.78 is 54.5. The van der Waals surface area contributed by atoms with Gasteiger partial charge in [-0.2, -0.15) is 28.6 Å². The van der Waals surface area contributed by atoms with E-state index in [-0.39, 0.29) is 0 Å². The summed E-state index contributed by atoms with van der Waals surface area (Å²) in [6.45, 7) is 2.37. The third-order valence-electron chi connectivity index (χ3n) is 3.71. The van der Waals surface area contributed by atoms with Crippen LogP contribution >= 0.6 is 0 Å². The topological polar surface area (TPSA) is 90.0 Å². The molecule has 2 N–H and O–H groups in total. The Morgan fingerprint density at radius 1 is 1.20 bits per heavy atom. The van der Waals surface area contributed by atoms with Gasteiger partial charge < -0.3 is 4.90 Å². The van der Waals surface area contributed by atoms with E-state index in [1.54, 1.807) is 10.5 Å². The zero-order chi connectivity index (χ0) is 17.9. The molecule has 2 aromatic heterocycles. The van der Waals surface area contributed by atoms with Crippen molar-refractivity contribution < 1.29 is 17.4 Å². The minimum absolute atomic E-state index is 0.323. The fourth-order valence-corrected chi connectivity index (χ4v) is 3.31. The smallest absolute Gasteiger partial charge is 0.354 e. The number of nitrogens with zero attached hydrogens (tertiary/aromatic N) is 5. The molecule has 0 spiro atoms. The standard InChI is InChI=1S/C13H16F3N7OS/c14-13(15,16)10-1-2-12(17-7-10)22-3-5-23(6-4-22)25(24)19-9-11-8-18-21-20-11/h1-2,7-8,19H,3-6,9H2,(H,18,20,21). The van der Waals surface area contributed by atoms with Crippen LogP contribution in [0.4, 0.5) is 19.0 Å². The number of alkyl halides is 3. The first-order valence-corrected chi connectivity index (χ1v) is 8.57. The Bertz CT molecular complexity index is 699. The van der Waals surface area contributed by atoms with Crippen LogP contribution in [0, 0.1) is 0 Å². The van der Waals surface area contributed by atoms with E-state index in [0.29, 0.717) is 44.2 Å². The van der Waals surface area contributed by atoms with Crippen molar-refractivity contribution in [3.8, 4) is 0 Å². The highest BCUT2D eigenvalue weighted by molar-refractivity contribution is 7.80. The van der Waals surface area contributed by atoms with Crippen molar-refractivity contribution in [1.29, 1.82) is 0 Å². The predicted molar refractivity (Wildman–Crippen MR) is 84.4 cm³/mol. The molecule has 8 nitrogen and oxygen atoms in total. The summed E-state index contributed by atoms with van der Waals surface area (Å²) in [5.74, 6) is 0.481. The van der Waals surface area contributed by atoms with Gasteiger partial charge >= 0.3 is 6.18 Å². The number of hydrogen-bond donors (Lipinski definition) is 2. The van der Waals surface area contributed by atoms with Crippen molar-refractivity contribution in [3.63, 3.8) is 0 Å². The molecule has 25 heavy (non-hydrogen) atoms. The van der Waals surface area contributed by atoms with Gasteiger partial charge in [0.2, 0.25) is 0 Å². The number of H-pyrrole nitrogens is 1. The molecule has 0 amide bonds. The monoisotopic (exact) mass is 375 g/mol. The van der Waals surface area contributed by atoms with Crippen molar-refractivity contribution in [3.05, 3.63) is 35.8 Å². The average Bonchev–Trinajstić information content (AvgIpc) is 3.13. The van der Waals surface area contributed by atoms with Gasteiger partial charge in [-0.15, -0.1) is 0 Å². The fraction of sp³-hybridized carbons (Fsp3) is 0.462. The van der Waals surface area contributed by atoms with Gasteiger partial charge in [-0.05, 0) is 12.1 Å². The Morgan fingerprint density at radius 3 is 2.52 bits per heavy atom. The molecular formula is C13H16F3N7OS. The van der Waals surface area contributed by atoms with Gasteiger partial charge in [0.15, 0.2) is 11.2 Å². The number of pyridine rings is 1. The Hall–Kier alpha value is -2.05. The third kappa shape index (κ3) is 4.52. The highest BCUT2D eigenvalue weighted by atomic mass is 32.2. The molecule has 3 heterocycles. The molecule has 1 atom stereocenters. The van der Waals surface area contributed by atoms with Crippen LogP contribution in [0.1, 0.15) is 11.3 Å². The number of anilines is 1. The van der Waals surface area contributed by atoms with Crippen LogP contribution < -0.4 is 9.62 Å². The maximum absolute atomic E-state index is 12.6. The molecule has 12 heteroatoms. The number of aromatic amines is 1. The number of hydrogen-bond acceptors (Lipinski definition) is 5. The summed E-state index contributed by atoms with van der Waals surface area (Å²) in [5.41, 5.74) is -0.117. The minimum atomic E-state index is -4.39. The molecule has 1 unspecified atom stereocenters. The van der Waals surface area contributed by atoms with Crippen molar-refractivity contribution in [2.75, 3.05) is 31.1 Å². The Kier molecular flexibility index (Phi) is 5.30. The summed E-state index contributed by atoms with van der Waals surface area (Å²) in [6, 6.07) is 2.38. The van der Waals surface area contributed by atoms with Crippen LogP contribution in [0.5, 0.6) is 0 Å². The summed E-state index contributed by atoms with van der Waals surface area (Å²) in [4.78, 5) is 5.75. The molecule has 136 valence electrons. The molecule has 3 rings (SSSR count). The highest BCUT2D eigenvalue weighted by Crippen LogP contribution is 2.29. The number of halogens is 3. The number of nitrogens with one attached hydrogen (secondary N) is 2. The van der Waals surface area contributed by atoms with Crippen LogP contribution in [0.2, 0.25) is 0 Å². The van der Waals surface area contributed by atoms with Crippen molar-refractivity contribution in [2.24, 2.45) is 0 Å². The average molecular weight is 375 g/mol. The molecule has 1 saturated heterocycles. The number of aromatic nitrogens is 4. The first-order chi connectivity index (χ1) is 11.9. The van der Waals surface area contributed by atoms with Gasteiger partial charge in [-0.3, -0.25) is 0 Å². The van der Waals surface area contributed by atoms with Crippen molar-refractivity contribution in [1.82, 2.24) is 29.4 Å². The lowest BCUT2D eigenvalue weighted by Gasteiger charge is -2.34. The van der Waals surface area contributed by atoms with Gasteiger partial charge in [0.1, 0.15) is 5.82 Å². The molecule has 2 aromatic rings. The minimum Gasteiger partial charge on any atom is -0.354 e. The second-order valence-corrected chi connectivity index (χ2v) is 6.65. The van der Waals surface area contributed by atoms with E-state index in [4.69, 9.17) is 0 Å². The normalized spacial score (nSPS) is 17.6. The third-order valence-corrected chi connectivity index (χ3v) is 4.94. The van der Waals surface area contributed by atoms with Crippen molar-refractivity contribution in [2.45, 2.75) is 12.7 Å². The van der Waals surface area contributed by atoms with Crippen LogP contribution in [-0.4, -0.2) is 55.1 Å². The van der Waals surface area contributed by atoms with Crippen LogP contribution in [-0.2, 0) is 23.9 Å². The van der Waals surface area contributed by atoms with Crippen LogP contribution in [0.25, 0.3) is 0 Å². The first-order valence-electron chi connectivity index (χ1n) is 7.46. The molecule has 0 saturated carbocycles. The van der Waals surface area contributed by atoms with Gasteiger partial charge in [0.25, 0.3) is 0 Å². The maximum atomic E-state index is 12.6. The van der Waals surface area contributed by atoms with Gasteiger partial charge in [0.05, 0.1) is 24.0 Å². The number of rotatable bonds is 5. The van der Waals surface area contributed by atoms with E-state index in [1.165, 1.54) is 6.07 Å². The quantitative estimate of drug-likeness (QED) is 0.803. The highest BCUT2D eigenvalue weighted by Gasteiger charge is 2.31. The zero-order valence-corrected chi connectivity index (χ0v) is 13.8. The summed E-state index contributed by atoms with van der Waals surface area (Å²) in [5, 5.41) is 10.00. The number of piperazine rings is 1. The lowest BCUT2D eigenvalue weighted by molar-refractivity contribution is -0.137. The molecule has 0 aliphatic carbocycles. The Morgan fingerprint density at radius 2 is 1.96 bits per heavy atom. The SMILES string of the molecule is O=S(NCc1cn[nH]n1)N1CCN(c2ccc(C(F)(F)F)cn2)CC1. The largest absolute Gasteiger partial charge is 0.417 e. The lowest BCUT2D eigenvalue weighted by atomic mass is 10.2. The van der Waals surface area contributed by atoms with E-state index in [9.17, 15) is 17.4 Å². The van der Waals surface area contributed by atoms with Crippen molar-refractivity contribution >= 4 is 17.0 Å². The van der Waals surface area contributed by atoms with E-state index in [0.717, 1.165) is 12.3 Å². The second-order valence-electron chi connectivity index (χ2n) is 5.35. The molecule has 0 bridgehead atoms. The summed E-state index contributed by atoms with van der Waals surface area (Å²) in [7, 11) is 0. The first kappa shape index (κ1) is 17.8. The lowest BCUT2D eigenvalue weighted by Crippen LogP contribution is -2.49. The Balaban J connectivity index is 1.50. The van der Waals surface area contributed by atoms with Gasteiger partial charge in [-0.25, -0.2) is 18.2 Å². The van der Waals surface area contributed by atoms with Crippen LogP contribution in [0.3, 0.4) is 0 Å². The van der Waals surface area contributed by atoms with E-state index < -0.39 is 22.9 Å². The summed E-state index contributed by atoms with van der Waals surface area (Å²) in [6.07, 6.45) is -2.02. The molecule has 1 aliphatic rings. The van der Waals surface area contributed by atoms with Gasteiger partial charge in [0, 0.05) is 32.4 Å². The fourth-order valence-electron chi connectivity index (χ4n) is 2.36. The molecule has 0 aromatic carbocycles. The molecule has 1 fully saturated rings.